The van der Waals surface area contributed by atoms with Gasteiger partial charge < -0.3 is 15.2 Å². The van der Waals surface area contributed by atoms with Crippen molar-refractivity contribution in [3.63, 3.8) is 0 Å². The van der Waals surface area contributed by atoms with E-state index in [1.54, 1.807) is 12.1 Å². The minimum Gasteiger partial charge on any atom is -0.456 e. The Balaban J connectivity index is 2.07. The first kappa shape index (κ1) is 11.0. The van der Waals surface area contributed by atoms with Crippen LogP contribution >= 0.6 is 0 Å². The van der Waals surface area contributed by atoms with Gasteiger partial charge in [0.25, 0.3) is 0 Å². The van der Waals surface area contributed by atoms with Gasteiger partial charge in [0, 0.05) is 12.1 Å². The molecule has 0 spiro atoms. The van der Waals surface area contributed by atoms with Crippen LogP contribution in [-0.2, 0) is 9.47 Å². The fraction of sp³-hybridized carbons (Fsp3) is 0.417. The van der Waals surface area contributed by atoms with Crippen LogP contribution in [0.3, 0.4) is 0 Å². The number of carbonyl (C=O) groups is 1. The molecule has 1 aromatic rings. The van der Waals surface area contributed by atoms with Crippen molar-refractivity contribution in [2.75, 3.05) is 18.9 Å². The van der Waals surface area contributed by atoms with Crippen molar-refractivity contribution in [1.82, 2.24) is 0 Å². The van der Waals surface area contributed by atoms with Crippen molar-refractivity contribution < 1.29 is 14.3 Å². The predicted molar refractivity (Wildman–Crippen MR) is 60.2 cm³/mol. The zero-order valence-corrected chi connectivity index (χ0v) is 9.23. The molecule has 1 fully saturated rings. The summed E-state index contributed by atoms with van der Waals surface area (Å²) in [6.07, 6.45) is 0.654. The van der Waals surface area contributed by atoms with Crippen molar-refractivity contribution >= 4 is 11.7 Å². The monoisotopic (exact) mass is 221 g/mol. The lowest BCUT2D eigenvalue weighted by atomic mass is 10.1. The second-order valence-corrected chi connectivity index (χ2v) is 4.02. The average Bonchev–Trinajstić information content (AvgIpc) is 2.68. The molecule has 86 valence electrons. The Morgan fingerprint density at radius 1 is 1.50 bits per heavy atom. The van der Waals surface area contributed by atoms with Gasteiger partial charge in [-0.2, -0.15) is 0 Å². The summed E-state index contributed by atoms with van der Waals surface area (Å²) in [5.74, 6) is -0.328. The van der Waals surface area contributed by atoms with Crippen molar-refractivity contribution in [2.24, 2.45) is 0 Å². The summed E-state index contributed by atoms with van der Waals surface area (Å²) in [6.45, 7) is 3.05. The van der Waals surface area contributed by atoms with Crippen LogP contribution in [0.15, 0.2) is 18.2 Å². The fourth-order valence-corrected chi connectivity index (χ4v) is 1.76. The van der Waals surface area contributed by atoms with Crippen LogP contribution < -0.4 is 5.73 Å². The Bertz CT molecular complexity index is 377. The lowest BCUT2D eigenvalue weighted by Gasteiger charge is -2.10. The molecule has 1 saturated heterocycles. The number of anilines is 1. The standard InChI is InChI=1S/C12H15NO3/c1-8-4-9(6-10(13)5-8)12(14)16-11-2-3-15-7-11/h4-6,11H,2-3,7,13H2,1H3. The Morgan fingerprint density at radius 2 is 2.31 bits per heavy atom. The minimum absolute atomic E-state index is 0.116. The molecule has 2 rings (SSSR count). The van der Waals surface area contributed by atoms with Gasteiger partial charge in [-0.1, -0.05) is 0 Å². The third-order valence-electron chi connectivity index (χ3n) is 2.50. The molecule has 1 aromatic carbocycles. The Hall–Kier alpha value is -1.55. The molecule has 1 atom stereocenters. The highest BCUT2D eigenvalue weighted by Crippen LogP contribution is 2.15. The van der Waals surface area contributed by atoms with E-state index in [9.17, 15) is 4.79 Å². The van der Waals surface area contributed by atoms with Crippen LogP contribution in [0.4, 0.5) is 5.69 Å². The topological polar surface area (TPSA) is 61.6 Å². The van der Waals surface area contributed by atoms with Gasteiger partial charge in [-0.15, -0.1) is 0 Å². The average molecular weight is 221 g/mol. The van der Waals surface area contributed by atoms with E-state index in [1.165, 1.54) is 0 Å². The second-order valence-electron chi connectivity index (χ2n) is 4.02. The van der Waals surface area contributed by atoms with E-state index in [4.69, 9.17) is 15.2 Å². The molecule has 4 nitrogen and oxygen atoms in total. The van der Waals surface area contributed by atoms with E-state index >= 15 is 0 Å². The number of rotatable bonds is 2. The Morgan fingerprint density at radius 3 is 2.94 bits per heavy atom. The van der Waals surface area contributed by atoms with Gasteiger partial charge in [-0.3, -0.25) is 0 Å². The normalized spacial score (nSPS) is 19.7. The molecule has 1 heterocycles. The van der Waals surface area contributed by atoms with Gasteiger partial charge in [-0.05, 0) is 30.7 Å². The first-order chi connectivity index (χ1) is 7.65. The van der Waals surface area contributed by atoms with E-state index in [1.807, 2.05) is 13.0 Å². The van der Waals surface area contributed by atoms with Crippen LogP contribution in [-0.4, -0.2) is 25.3 Å². The summed E-state index contributed by atoms with van der Waals surface area (Å²) in [5.41, 5.74) is 7.71. The van der Waals surface area contributed by atoms with Gasteiger partial charge in [-0.25, -0.2) is 4.79 Å². The van der Waals surface area contributed by atoms with E-state index in [-0.39, 0.29) is 12.1 Å². The zero-order chi connectivity index (χ0) is 11.5. The number of benzene rings is 1. The van der Waals surface area contributed by atoms with Gasteiger partial charge in [0.1, 0.15) is 6.10 Å². The summed E-state index contributed by atoms with van der Waals surface area (Å²) in [4.78, 5) is 11.8. The van der Waals surface area contributed by atoms with Gasteiger partial charge in [0.15, 0.2) is 0 Å². The maximum absolute atomic E-state index is 11.8. The molecule has 0 aliphatic carbocycles. The highest BCUT2D eigenvalue weighted by atomic mass is 16.6. The number of esters is 1. The Kier molecular flexibility index (Phi) is 3.10. The lowest BCUT2D eigenvalue weighted by Crippen LogP contribution is -2.18. The molecule has 2 N–H and O–H groups in total. The SMILES string of the molecule is Cc1cc(N)cc(C(=O)OC2CCOC2)c1. The van der Waals surface area contributed by atoms with Crippen molar-refractivity contribution in [3.05, 3.63) is 29.3 Å². The molecule has 1 aliphatic rings. The quantitative estimate of drug-likeness (QED) is 0.607. The van der Waals surface area contributed by atoms with E-state index in [0.717, 1.165) is 12.0 Å². The number of hydrogen-bond donors (Lipinski definition) is 1. The van der Waals surface area contributed by atoms with E-state index in [2.05, 4.69) is 0 Å². The number of ether oxygens (including phenoxy) is 2. The molecule has 1 aliphatic heterocycles. The molecule has 0 radical (unpaired) electrons. The second kappa shape index (κ2) is 4.53. The number of aryl methyl sites for hydroxylation is 1. The molecular formula is C12H15NO3. The summed E-state index contributed by atoms with van der Waals surface area (Å²) in [5, 5.41) is 0. The van der Waals surface area contributed by atoms with Crippen molar-refractivity contribution in [1.29, 1.82) is 0 Å². The molecule has 0 saturated carbocycles. The van der Waals surface area contributed by atoms with Gasteiger partial charge >= 0.3 is 5.97 Å². The number of hydrogen-bond acceptors (Lipinski definition) is 4. The molecule has 4 heteroatoms. The van der Waals surface area contributed by atoms with E-state index < -0.39 is 0 Å². The van der Waals surface area contributed by atoms with Gasteiger partial charge in [0.2, 0.25) is 0 Å². The molecule has 0 aromatic heterocycles. The largest absolute Gasteiger partial charge is 0.456 e. The van der Waals surface area contributed by atoms with Gasteiger partial charge in [0.05, 0.1) is 18.8 Å². The fourth-order valence-electron chi connectivity index (χ4n) is 1.76. The molecule has 16 heavy (non-hydrogen) atoms. The smallest absolute Gasteiger partial charge is 0.338 e. The third-order valence-corrected chi connectivity index (χ3v) is 2.50. The van der Waals surface area contributed by atoms with Crippen LogP contribution in [0.1, 0.15) is 22.3 Å². The number of carbonyl (C=O) groups excluding carboxylic acids is 1. The van der Waals surface area contributed by atoms with E-state index in [0.29, 0.717) is 24.5 Å². The number of nitrogens with two attached hydrogens (primary N) is 1. The molecule has 0 amide bonds. The van der Waals surface area contributed by atoms with Crippen LogP contribution in [0.2, 0.25) is 0 Å². The summed E-state index contributed by atoms with van der Waals surface area (Å²) in [7, 11) is 0. The molecule has 0 bridgehead atoms. The third kappa shape index (κ3) is 2.52. The predicted octanol–water partition coefficient (Wildman–Crippen LogP) is 1.52. The van der Waals surface area contributed by atoms with Crippen LogP contribution in [0, 0.1) is 6.92 Å². The summed E-state index contributed by atoms with van der Waals surface area (Å²) in [6, 6.07) is 5.22. The maximum Gasteiger partial charge on any atom is 0.338 e. The first-order valence-corrected chi connectivity index (χ1v) is 5.31. The first-order valence-electron chi connectivity index (χ1n) is 5.31. The lowest BCUT2D eigenvalue weighted by molar-refractivity contribution is 0.0270. The molecule has 1 unspecified atom stereocenters. The number of nitrogen functional groups attached to an aromatic ring is 1. The molecular weight excluding hydrogens is 206 g/mol. The zero-order valence-electron chi connectivity index (χ0n) is 9.23. The highest BCUT2D eigenvalue weighted by Gasteiger charge is 2.20. The highest BCUT2D eigenvalue weighted by molar-refractivity contribution is 5.90. The van der Waals surface area contributed by atoms with Crippen LogP contribution in [0.25, 0.3) is 0 Å². The summed E-state index contributed by atoms with van der Waals surface area (Å²) >= 11 is 0. The van der Waals surface area contributed by atoms with Crippen molar-refractivity contribution in [2.45, 2.75) is 19.4 Å². The maximum atomic E-state index is 11.8. The minimum atomic E-state index is -0.328. The van der Waals surface area contributed by atoms with Crippen LogP contribution in [0.5, 0.6) is 0 Å². The Labute approximate surface area is 94.3 Å². The van der Waals surface area contributed by atoms with Crippen molar-refractivity contribution in [3.8, 4) is 0 Å². The summed E-state index contributed by atoms with van der Waals surface area (Å²) < 4.78 is 10.4.